The highest BCUT2D eigenvalue weighted by Crippen LogP contribution is 2.42. The van der Waals surface area contributed by atoms with Crippen molar-refractivity contribution in [1.82, 2.24) is 10.5 Å². The van der Waals surface area contributed by atoms with Gasteiger partial charge in [-0.25, -0.2) is 4.79 Å². The molecule has 0 aliphatic heterocycles. The van der Waals surface area contributed by atoms with Crippen molar-refractivity contribution in [3.8, 4) is 5.75 Å². The Morgan fingerprint density at radius 2 is 2.19 bits per heavy atom. The van der Waals surface area contributed by atoms with Gasteiger partial charge in [0.1, 0.15) is 17.0 Å². The zero-order chi connectivity index (χ0) is 25.7. The van der Waals surface area contributed by atoms with Gasteiger partial charge in [-0.1, -0.05) is 24.2 Å². The molecule has 3 aromatic rings. The third-order valence-corrected chi connectivity index (χ3v) is 7.72. The van der Waals surface area contributed by atoms with Gasteiger partial charge in [-0.2, -0.15) is 0 Å². The predicted molar refractivity (Wildman–Crippen MR) is 138 cm³/mol. The number of nitrogen functional groups attached to an aromatic ring is 1. The van der Waals surface area contributed by atoms with E-state index in [4.69, 9.17) is 19.7 Å². The maximum atomic E-state index is 12.8. The number of carbonyl (C=O) groups excluding carboxylic acids is 2. The summed E-state index contributed by atoms with van der Waals surface area (Å²) in [7, 11) is 1.63. The van der Waals surface area contributed by atoms with Crippen LogP contribution in [-0.2, 0) is 28.9 Å². The molecule has 1 aromatic carbocycles. The Kier molecular flexibility index (Phi) is 8.14. The number of amides is 2. The smallest absolute Gasteiger partial charge is 0.407 e. The number of nitrogens with two attached hydrogens (primary N) is 1. The van der Waals surface area contributed by atoms with Gasteiger partial charge in [0.15, 0.2) is 0 Å². The van der Waals surface area contributed by atoms with Crippen molar-refractivity contribution in [1.29, 1.82) is 0 Å². The number of fused-ring (bicyclic) bond motifs is 1. The van der Waals surface area contributed by atoms with E-state index < -0.39 is 6.09 Å². The van der Waals surface area contributed by atoms with E-state index in [1.165, 1.54) is 17.6 Å². The average Bonchev–Trinajstić information content (AvgIpc) is 3.43. The van der Waals surface area contributed by atoms with Crippen molar-refractivity contribution < 1.29 is 23.6 Å². The Labute approximate surface area is 214 Å². The number of rotatable bonds is 9. The summed E-state index contributed by atoms with van der Waals surface area (Å²) in [6, 6.07) is 7.76. The molecule has 4 rings (SSSR count). The van der Waals surface area contributed by atoms with Gasteiger partial charge < -0.3 is 30.4 Å². The highest BCUT2D eigenvalue weighted by atomic mass is 32.1. The van der Waals surface area contributed by atoms with Gasteiger partial charge in [-0.3, -0.25) is 4.79 Å². The van der Waals surface area contributed by atoms with Crippen LogP contribution in [0.3, 0.4) is 0 Å². The Balaban J connectivity index is 1.27. The minimum atomic E-state index is -0.467. The molecule has 10 heteroatoms. The first-order valence-corrected chi connectivity index (χ1v) is 12.8. The summed E-state index contributed by atoms with van der Waals surface area (Å²) in [5.41, 5.74) is 10.7. The number of hydrogen-bond donors (Lipinski definition) is 3. The molecule has 0 saturated heterocycles. The minimum absolute atomic E-state index is 0.0391. The van der Waals surface area contributed by atoms with Crippen LogP contribution in [0.15, 0.2) is 35.1 Å². The average molecular weight is 513 g/mol. The van der Waals surface area contributed by atoms with E-state index in [1.54, 1.807) is 7.11 Å². The van der Waals surface area contributed by atoms with E-state index >= 15 is 0 Å². The Bertz CT molecular complexity index is 1220. The van der Waals surface area contributed by atoms with Crippen LogP contribution in [0.25, 0.3) is 0 Å². The lowest BCUT2D eigenvalue weighted by atomic mass is 9.89. The van der Waals surface area contributed by atoms with Crippen LogP contribution in [0, 0.1) is 12.8 Å². The zero-order valence-corrected chi connectivity index (χ0v) is 21.6. The number of methoxy groups -OCH3 is 1. The second kappa shape index (κ2) is 11.5. The van der Waals surface area contributed by atoms with Gasteiger partial charge in [0.25, 0.3) is 0 Å². The summed E-state index contributed by atoms with van der Waals surface area (Å²) in [5.74, 6) is 0.944. The molecule has 4 N–H and O–H groups in total. The largest absolute Gasteiger partial charge is 0.497 e. The van der Waals surface area contributed by atoms with E-state index in [0.717, 1.165) is 52.3 Å². The van der Waals surface area contributed by atoms with Crippen LogP contribution in [0.2, 0.25) is 0 Å². The summed E-state index contributed by atoms with van der Waals surface area (Å²) < 4.78 is 15.6. The number of nitrogens with one attached hydrogen (secondary N) is 2. The third-order valence-electron chi connectivity index (χ3n) is 6.54. The first-order chi connectivity index (χ1) is 17.3. The summed E-state index contributed by atoms with van der Waals surface area (Å²) in [5, 5.41) is 10.2. The van der Waals surface area contributed by atoms with Crippen molar-refractivity contribution in [2.75, 3.05) is 24.8 Å². The van der Waals surface area contributed by atoms with Gasteiger partial charge in [-0.05, 0) is 61.3 Å². The number of benzene rings is 1. The Hall–Kier alpha value is -3.53. The number of ether oxygens (including phenoxy) is 2. The number of hydrogen-bond acceptors (Lipinski definition) is 8. The molecule has 0 fully saturated rings. The lowest BCUT2D eigenvalue weighted by molar-refractivity contribution is -0.116. The second-order valence-corrected chi connectivity index (χ2v) is 10.3. The molecule has 0 saturated carbocycles. The second-order valence-electron chi connectivity index (χ2n) is 9.16. The first-order valence-electron chi connectivity index (χ1n) is 12.0. The lowest BCUT2D eigenvalue weighted by Gasteiger charge is -2.22. The Morgan fingerprint density at radius 3 is 2.94 bits per heavy atom. The van der Waals surface area contributed by atoms with Crippen LogP contribution in [0.4, 0.5) is 15.5 Å². The van der Waals surface area contributed by atoms with Gasteiger partial charge in [0.05, 0.1) is 31.6 Å². The fourth-order valence-corrected chi connectivity index (χ4v) is 5.63. The summed E-state index contributed by atoms with van der Waals surface area (Å²) >= 11 is 1.52. The highest BCUT2D eigenvalue weighted by Gasteiger charge is 2.26. The molecule has 0 bridgehead atoms. The predicted octanol–water partition coefficient (Wildman–Crippen LogP) is 4.80. The van der Waals surface area contributed by atoms with E-state index in [9.17, 15) is 9.59 Å². The van der Waals surface area contributed by atoms with Crippen molar-refractivity contribution >= 4 is 34.0 Å². The molecular formula is C26H32N4O5S. The highest BCUT2D eigenvalue weighted by molar-refractivity contribution is 7.17. The van der Waals surface area contributed by atoms with Crippen LogP contribution in [0.1, 0.15) is 52.9 Å². The quantitative estimate of drug-likeness (QED) is 0.376. The minimum Gasteiger partial charge on any atom is -0.497 e. The van der Waals surface area contributed by atoms with E-state index in [0.29, 0.717) is 30.3 Å². The standard InChI is InChI=1S/C26H32N4O5S/c1-15(18-5-4-6-20(11-18)33-3)9-23(31)29-25-24(27)21-8-7-17(10-22(21)36-25)13-34-26(32)28-12-19-14-35-30-16(19)2/h4-6,11,14-15,17H,7-10,12-13,27H2,1-3H3,(H,28,32)(H,29,31). The monoisotopic (exact) mass is 512 g/mol. The van der Waals surface area contributed by atoms with E-state index in [2.05, 4.69) is 15.8 Å². The molecule has 2 amide bonds. The molecule has 0 spiro atoms. The number of alkyl carbamates (subject to hydrolysis) is 1. The topological polar surface area (TPSA) is 129 Å². The summed E-state index contributed by atoms with van der Waals surface area (Å²) in [6.45, 7) is 4.47. The van der Waals surface area contributed by atoms with Crippen LogP contribution >= 0.6 is 11.3 Å². The van der Waals surface area contributed by atoms with Crippen molar-refractivity contribution in [3.05, 3.63) is 57.8 Å². The molecule has 0 radical (unpaired) electrons. The summed E-state index contributed by atoms with van der Waals surface area (Å²) in [4.78, 5) is 26.0. The first kappa shape index (κ1) is 25.6. The number of anilines is 2. The Morgan fingerprint density at radius 1 is 1.36 bits per heavy atom. The number of nitrogens with zero attached hydrogens (tertiary/aromatic N) is 1. The van der Waals surface area contributed by atoms with Crippen LogP contribution in [0.5, 0.6) is 5.75 Å². The normalized spacial score (nSPS) is 15.6. The molecule has 36 heavy (non-hydrogen) atoms. The summed E-state index contributed by atoms with van der Waals surface area (Å²) in [6.07, 6.45) is 3.81. The molecule has 9 nitrogen and oxygen atoms in total. The lowest BCUT2D eigenvalue weighted by Crippen LogP contribution is -2.27. The molecule has 1 aliphatic carbocycles. The van der Waals surface area contributed by atoms with Gasteiger partial charge in [0.2, 0.25) is 5.91 Å². The molecular weight excluding hydrogens is 480 g/mol. The molecule has 2 unspecified atom stereocenters. The van der Waals surface area contributed by atoms with Crippen molar-refractivity contribution in [3.63, 3.8) is 0 Å². The van der Waals surface area contributed by atoms with Crippen LogP contribution < -0.4 is 21.1 Å². The fraction of sp³-hybridized carbons (Fsp3) is 0.423. The third kappa shape index (κ3) is 6.17. The van der Waals surface area contributed by atoms with Crippen molar-refractivity contribution in [2.45, 2.75) is 52.0 Å². The zero-order valence-electron chi connectivity index (χ0n) is 20.8. The van der Waals surface area contributed by atoms with Crippen molar-refractivity contribution in [2.24, 2.45) is 5.92 Å². The fourth-order valence-electron chi connectivity index (χ4n) is 4.33. The SMILES string of the molecule is COc1cccc(C(C)CC(=O)Nc2sc3c(c2N)CCC(COC(=O)NCc2conc2C)C3)c1. The maximum absolute atomic E-state index is 12.8. The molecule has 192 valence electrons. The van der Waals surface area contributed by atoms with E-state index in [-0.39, 0.29) is 17.7 Å². The van der Waals surface area contributed by atoms with Gasteiger partial charge in [0, 0.05) is 16.9 Å². The maximum Gasteiger partial charge on any atom is 0.407 e. The molecule has 1 aliphatic rings. The number of aromatic nitrogens is 1. The van der Waals surface area contributed by atoms with E-state index in [1.807, 2.05) is 38.1 Å². The number of thiophene rings is 1. The molecule has 2 atom stereocenters. The molecule has 2 heterocycles. The van der Waals surface area contributed by atoms with Gasteiger partial charge >= 0.3 is 6.09 Å². The van der Waals surface area contributed by atoms with Gasteiger partial charge in [-0.15, -0.1) is 11.3 Å². The molecule has 2 aromatic heterocycles. The van der Waals surface area contributed by atoms with Crippen LogP contribution in [-0.4, -0.2) is 30.9 Å². The number of aryl methyl sites for hydroxylation is 1. The number of carbonyl (C=O) groups is 2.